The van der Waals surface area contributed by atoms with Gasteiger partial charge >= 0.3 is 5.97 Å². The Morgan fingerprint density at radius 1 is 1.44 bits per heavy atom. The van der Waals surface area contributed by atoms with Crippen molar-refractivity contribution in [1.29, 1.82) is 0 Å². The molecule has 1 fully saturated rings. The summed E-state index contributed by atoms with van der Waals surface area (Å²) in [4.78, 5) is 11.4. The van der Waals surface area contributed by atoms with Crippen LogP contribution < -0.4 is 5.32 Å². The lowest BCUT2D eigenvalue weighted by atomic mass is 10.1. The number of carbonyl (C=O) groups is 1. The smallest absolute Gasteiger partial charge is 0.308 e. The summed E-state index contributed by atoms with van der Waals surface area (Å²) in [5.74, 6) is 0.342. The zero-order valence-electron chi connectivity index (χ0n) is 11.0. The van der Waals surface area contributed by atoms with Gasteiger partial charge in [-0.25, -0.2) is 0 Å². The number of esters is 1. The average Bonchev–Trinajstić information content (AvgIpc) is 2.98. The van der Waals surface area contributed by atoms with Crippen molar-refractivity contribution >= 4 is 22.4 Å². The maximum Gasteiger partial charge on any atom is 0.308 e. The predicted molar refractivity (Wildman–Crippen MR) is 70.8 cm³/mol. The molecule has 1 aliphatic rings. The molecule has 100 valence electrons. The third-order valence-electron chi connectivity index (χ3n) is 3.23. The molecule has 1 saturated carbocycles. The molecule has 1 N–H and O–H groups in total. The van der Waals surface area contributed by atoms with E-state index in [1.807, 2.05) is 0 Å². The second-order valence-electron chi connectivity index (χ2n) is 4.97. The molecule has 0 saturated heterocycles. The van der Waals surface area contributed by atoms with E-state index in [4.69, 9.17) is 4.74 Å². The SMILES string of the molecule is COC(=O)[C@H]1CC[C@@H](Nc2nnc(C(C)C)s2)C1. The molecule has 0 spiro atoms. The summed E-state index contributed by atoms with van der Waals surface area (Å²) in [5.41, 5.74) is 0. The maximum atomic E-state index is 11.4. The molecule has 1 aromatic heterocycles. The summed E-state index contributed by atoms with van der Waals surface area (Å²) in [6.07, 6.45) is 2.69. The molecule has 1 heterocycles. The molecule has 2 atom stereocenters. The second-order valence-corrected chi connectivity index (χ2v) is 5.98. The normalized spacial score (nSPS) is 23.3. The highest BCUT2D eigenvalue weighted by molar-refractivity contribution is 7.15. The molecule has 0 amide bonds. The number of anilines is 1. The fourth-order valence-corrected chi connectivity index (χ4v) is 3.02. The van der Waals surface area contributed by atoms with Gasteiger partial charge in [0.25, 0.3) is 0 Å². The Balaban J connectivity index is 1.89. The number of aromatic nitrogens is 2. The molecule has 6 heteroatoms. The van der Waals surface area contributed by atoms with E-state index in [-0.39, 0.29) is 11.9 Å². The van der Waals surface area contributed by atoms with Crippen LogP contribution in [0.1, 0.15) is 44.0 Å². The highest BCUT2D eigenvalue weighted by atomic mass is 32.1. The number of nitrogens with zero attached hydrogens (tertiary/aromatic N) is 2. The van der Waals surface area contributed by atoms with Gasteiger partial charge < -0.3 is 10.1 Å². The highest BCUT2D eigenvalue weighted by Crippen LogP contribution is 2.30. The van der Waals surface area contributed by atoms with Gasteiger partial charge in [-0.15, -0.1) is 10.2 Å². The zero-order valence-corrected chi connectivity index (χ0v) is 11.8. The summed E-state index contributed by atoms with van der Waals surface area (Å²) in [5, 5.41) is 13.5. The van der Waals surface area contributed by atoms with Crippen molar-refractivity contribution in [1.82, 2.24) is 10.2 Å². The number of rotatable bonds is 4. The Labute approximate surface area is 111 Å². The van der Waals surface area contributed by atoms with Gasteiger partial charge in [0.15, 0.2) is 0 Å². The van der Waals surface area contributed by atoms with E-state index in [0.717, 1.165) is 29.4 Å². The summed E-state index contributed by atoms with van der Waals surface area (Å²) >= 11 is 1.59. The number of nitrogens with one attached hydrogen (secondary N) is 1. The highest BCUT2D eigenvalue weighted by Gasteiger charge is 2.31. The van der Waals surface area contributed by atoms with E-state index in [1.54, 1.807) is 11.3 Å². The van der Waals surface area contributed by atoms with Crippen LogP contribution >= 0.6 is 11.3 Å². The second kappa shape index (κ2) is 5.65. The summed E-state index contributed by atoms with van der Waals surface area (Å²) in [6.45, 7) is 4.21. The Bertz CT molecular complexity index is 419. The van der Waals surface area contributed by atoms with E-state index >= 15 is 0 Å². The van der Waals surface area contributed by atoms with Crippen LogP contribution in [0.15, 0.2) is 0 Å². The van der Waals surface area contributed by atoms with Gasteiger partial charge in [0.05, 0.1) is 13.0 Å². The third-order valence-corrected chi connectivity index (χ3v) is 4.38. The first-order chi connectivity index (χ1) is 8.60. The lowest BCUT2D eigenvalue weighted by Gasteiger charge is -2.10. The molecule has 0 unspecified atom stereocenters. The fourth-order valence-electron chi connectivity index (χ4n) is 2.19. The lowest BCUT2D eigenvalue weighted by molar-refractivity contribution is -0.145. The molecule has 0 aliphatic heterocycles. The maximum absolute atomic E-state index is 11.4. The number of hydrogen-bond donors (Lipinski definition) is 1. The minimum atomic E-state index is -0.0977. The molecule has 2 rings (SSSR count). The quantitative estimate of drug-likeness (QED) is 0.850. The van der Waals surface area contributed by atoms with Crippen molar-refractivity contribution in [2.75, 3.05) is 12.4 Å². The van der Waals surface area contributed by atoms with Crippen LogP contribution in [-0.4, -0.2) is 29.3 Å². The van der Waals surface area contributed by atoms with Crippen molar-refractivity contribution in [2.45, 2.75) is 45.1 Å². The first-order valence-corrected chi connectivity index (χ1v) is 7.09. The Kier molecular flexibility index (Phi) is 4.16. The molecule has 0 aromatic carbocycles. The van der Waals surface area contributed by atoms with Crippen LogP contribution in [-0.2, 0) is 9.53 Å². The predicted octanol–water partition coefficient (Wildman–Crippen LogP) is 2.42. The van der Waals surface area contributed by atoms with Crippen LogP contribution in [0.2, 0.25) is 0 Å². The van der Waals surface area contributed by atoms with Crippen LogP contribution in [0.25, 0.3) is 0 Å². The van der Waals surface area contributed by atoms with Crippen LogP contribution in [0, 0.1) is 5.92 Å². The molecule has 5 nitrogen and oxygen atoms in total. The minimum Gasteiger partial charge on any atom is -0.469 e. The average molecular weight is 269 g/mol. The zero-order chi connectivity index (χ0) is 13.1. The summed E-state index contributed by atoms with van der Waals surface area (Å²) < 4.78 is 4.78. The van der Waals surface area contributed by atoms with Gasteiger partial charge in [0, 0.05) is 12.0 Å². The molecular formula is C12H19N3O2S. The van der Waals surface area contributed by atoms with E-state index in [1.165, 1.54) is 7.11 Å². The van der Waals surface area contributed by atoms with Crippen LogP contribution in [0.4, 0.5) is 5.13 Å². The topological polar surface area (TPSA) is 64.1 Å². The first-order valence-electron chi connectivity index (χ1n) is 6.28. The molecule has 0 radical (unpaired) electrons. The van der Waals surface area contributed by atoms with Crippen LogP contribution in [0.3, 0.4) is 0 Å². The fraction of sp³-hybridized carbons (Fsp3) is 0.750. The monoisotopic (exact) mass is 269 g/mol. The van der Waals surface area contributed by atoms with E-state index in [9.17, 15) is 4.79 Å². The van der Waals surface area contributed by atoms with Gasteiger partial charge in [-0.1, -0.05) is 25.2 Å². The largest absolute Gasteiger partial charge is 0.469 e. The lowest BCUT2D eigenvalue weighted by Crippen LogP contribution is -2.18. The number of hydrogen-bond acceptors (Lipinski definition) is 6. The van der Waals surface area contributed by atoms with Gasteiger partial charge in [-0.05, 0) is 19.3 Å². The standard InChI is InChI=1S/C12H19N3O2S/c1-7(2)10-14-15-12(18-10)13-9-5-4-8(6-9)11(16)17-3/h7-9H,4-6H2,1-3H3,(H,13,15)/t8-,9+/m0/s1. The third kappa shape index (κ3) is 2.98. The molecular weight excluding hydrogens is 250 g/mol. The van der Waals surface area contributed by atoms with Crippen molar-refractivity contribution in [3.8, 4) is 0 Å². The molecule has 18 heavy (non-hydrogen) atoms. The van der Waals surface area contributed by atoms with Crippen LogP contribution in [0.5, 0.6) is 0 Å². The first kappa shape index (κ1) is 13.3. The molecule has 1 aromatic rings. The van der Waals surface area contributed by atoms with Crippen molar-refractivity contribution < 1.29 is 9.53 Å². The van der Waals surface area contributed by atoms with E-state index < -0.39 is 0 Å². The van der Waals surface area contributed by atoms with Gasteiger partial charge in [0.2, 0.25) is 5.13 Å². The van der Waals surface area contributed by atoms with Gasteiger partial charge in [0.1, 0.15) is 5.01 Å². The number of methoxy groups -OCH3 is 1. The summed E-state index contributed by atoms with van der Waals surface area (Å²) in [6, 6.07) is 0.307. The van der Waals surface area contributed by atoms with Gasteiger partial charge in [-0.2, -0.15) is 0 Å². The number of carbonyl (C=O) groups excluding carboxylic acids is 1. The van der Waals surface area contributed by atoms with Crippen molar-refractivity contribution in [3.63, 3.8) is 0 Å². The van der Waals surface area contributed by atoms with Gasteiger partial charge in [-0.3, -0.25) is 4.79 Å². The van der Waals surface area contributed by atoms with E-state index in [0.29, 0.717) is 12.0 Å². The van der Waals surface area contributed by atoms with Crippen molar-refractivity contribution in [2.24, 2.45) is 5.92 Å². The van der Waals surface area contributed by atoms with Crippen molar-refractivity contribution in [3.05, 3.63) is 5.01 Å². The number of ether oxygens (including phenoxy) is 1. The Morgan fingerprint density at radius 2 is 2.22 bits per heavy atom. The Morgan fingerprint density at radius 3 is 2.83 bits per heavy atom. The molecule has 1 aliphatic carbocycles. The van der Waals surface area contributed by atoms with E-state index in [2.05, 4.69) is 29.4 Å². The Hall–Kier alpha value is -1.17. The molecule has 0 bridgehead atoms. The minimum absolute atomic E-state index is 0.0324. The summed E-state index contributed by atoms with van der Waals surface area (Å²) in [7, 11) is 1.45.